The number of amides is 1. The summed E-state index contributed by atoms with van der Waals surface area (Å²) >= 11 is 0. The first-order valence-corrected chi connectivity index (χ1v) is 8.89. The fourth-order valence-electron chi connectivity index (χ4n) is 3.20. The van der Waals surface area contributed by atoms with Gasteiger partial charge in [-0.25, -0.2) is 0 Å². The Morgan fingerprint density at radius 1 is 0.962 bits per heavy atom. The van der Waals surface area contributed by atoms with E-state index in [0.717, 1.165) is 38.5 Å². The summed E-state index contributed by atoms with van der Waals surface area (Å²) in [5.74, 6) is 2.28. The third kappa shape index (κ3) is 3.75. The number of nitrogens with zero attached hydrogens (tertiary/aromatic N) is 2. The summed E-state index contributed by atoms with van der Waals surface area (Å²) < 4.78 is 16.4. The van der Waals surface area contributed by atoms with E-state index in [4.69, 9.17) is 14.2 Å². The first-order valence-electron chi connectivity index (χ1n) is 8.89. The predicted molar refractivity (Wildman–Crippen MR) is 96.8 cm³/mol. The van der Waals surface area contributed by atoms with Gasteiger partial charge in [0.05, 0.1) is 0 Å². The molecule has 136 valence electrons. The standard InChI is InChI=1S/C20H22N2O4/c23-20(16-6-7-18-19(14-16)26-15-25-18)22-10-8-21(9-11-22)12-13-24-17-4-2-1-3-5-17/h1-7,14H,8-13,15H2. The lowest BCUT2D eigenvalue weighted by Gasteiger charge is -2.34. The number of rotatable bonds is 5. The summed E-state index contributed by atoms with van der Waals surface area (Å²) in [6.07, 6.45) is 0. The van der Waals surface area contributed by atoms with Gasteiger partial charge < -0.3 is 19.1 Å². The molecular weight excluding hydrogens is 332 g/mol. The SMILES string of the molecule is O=C(c1ccc2c(c1)OCO2)N1CCN(CCOc2ccccc2)CC1. The number of ether oxygens (including phenoxy) is 3. The van der Waals surface area contributed by atoms with E-state index >= 15 is 0 Å². The Balaban J connectivity index is 1.25. The number of benzene rings is 2. The molecule has 0 radical (unpaired) electrons. The molecule has 0 spiro atoms. The van der Waals surface area contributed by atoms with E-state index in [1.807, 2.05) is 35.2 Å². The molecule has 0 atom stereocenters. The van der Waals surface area contributed by atoms with Crippen LogP contribution >= 0.6 is 0 Å². The van der Waals surface area contributed by atoms with Crippen molar-refractivity contribution in [2.75, 3.05) is 46.1 Å². The molecule has 2 aliphatic heterocycles. The van der Waals surface area contributed by atoms with Crippen molar-refractivity contribution in [2.45, 2.75) is 0 Å². The quantitative estimate of drug-likeness (QED) is 0.824. The summed E-state index contributed by atoms with van der Waals surface area (Å²) in [5, 5.41) is 0. The molecule has 0 aromatic heterocycles. The maximum Gasteiger partial charge on any atom is 0.254 e. The van der Waals surface area contributed by atoms with Gasteiger partial charge in [-0.3, -0.25) is 9.69 Å². The zero-order valence-electron chi connectivity index (χ0n) is 14.6. The molecule has 4 rings (SSSR count). The molecule has 1 fully saturated rings. The maximum atomic E-state index is 12.7. The van der Waals surface area contributed by atoms with Crippen molar-refractivity contribution in [2.24, 2.45) is 0 Å². The zero-order valence-corrected chi connectivity index (χ0v) is 14.6. The van der Waals surface area contributed by atoms with Crippen molar-refractivity contribution < 1.29 is 19.0 Å². The monoisotopic (exact) mass is 354 g/mol. The molecule has 0 N–H and O–H groups in total. The van der Waals surface area contributed by atoms with Gasteiger partial charge in [0.15, 0.2) is 11.5 Å². The van der Waals surface area contributed by atoms with E-state index in [1.54, 1.807) is 18.2 Å². The molecule has 2 aromatic rings. The normalized spacial score (nSPS) is 16.5. The molecule has 6 nitrogen and oxygen atoms in total. The van der Waals surface area contributed by atoms with Crippen LogP contribution in [0.5, 0.6) is 17.2 Å². The molecule has 2 aliphatic rings. The van der Waals surface area contributed by atoms with Crippen LogP contribution in [0.25, 0.3) is 0 Å². The highest BCUT2D eigenvalue weighted by molar-refractivity contribution is 5.95. The summed E-state index contributed by atoms with van der Waals surface area (Å²) in [5.41, 5.74) is 0.648. The molecule has 6 heteroatoms. The van der Waals surface area contributed by atoms with Crippen LogP contribution < -0.4 is 14.2 Å². The van der Waals surface area contributed by atoms with Crippen molar-refractivity contribution in [3.8, 4) is 17.2 Å². The van der Waals surface area contributed by atoms with Crippen LogP contribution in [-0.2, 0) is 0 Å². The second-order valence-corrected chi connectivity index (χ2v) is 6.36. The largest absolute Gasteiger partial charge is 0.492 e. The molecule has 1 amide bonds. The fourth-order valence-corrected chi connectivity index (χ4v) is 3.20. The Morgan fingerprint density at radius 3 is 2.54 bits per heavy atom. The van der Waals surface area contributed by atoms with Crippen molar-refractivity contribution in [1.29, 1.82) is 0 Å². The lowest BCUT2D eigenvalue weighted by atomic mass is 10.1. The predicted octanol–water partition coefficient (Wildman–Crippen LogP) is 2.25. The zero-order chi connectivity index (χ0) is 17.8. The molecule has 0 aliphatic carbocycles. The van der Waals surface area contributed by atoms with Crippen LogP contribution in [0.15, 0.2) is 48.5 Å². The van der Waals surface area contributed by atoms with E-state index in [1.165, 1.54) is 0 Å². The second-order valence-electron chi connectivity index (χ2n) is 6.36. The Bertz CT molecular complexity index is 758. The van der Waals surface area contributed by atoms with Crippen LogP contribution in [0.1, 0.15) is 10.4 Å². The molecule has 26 heavy (non-hydrogen) atoms. The van der Waals surface area contributed by atoms with Gasteiger partial charge in [-0.15, -0.1) is 0 Å². The fraction of sp³-hybridized carbons (Fsp3) is 0.350. The number of piperazine rings is 1. The molecule has 2 aromatic carbocycles. The topological polar surface area (TPSA) is 51.2 Å². The van der Waals surface area contributed by atoms with Crippen LogP contribution in [-0.4, -0.2) is 61.8 Å². The maximum absolute atomic E-state index is 12.7. The average molecular weight is 354 g/mol. The number of fused-ring (bicyclic) bond motifs is 1. The number of para-hydroxylation sites is 1. The van der Waals surface area contributed by atoms with E-state index < -0.39 is 0 Å². The van der Waals surface area contributed by atoms with Crippen LogP contribution in [0.4, 0.5) is 0 Å². The van der Waals surface area contributed by atoms with Crippen molar-refractivity contribution in [3.05, 3.63) is 54.1 Å². The van der Waals surface area contributed by atoms with Crippen LogP contribution in [0.3, 0.4) is 0 Å². The van der Waals surface area contributed by atoms with Crippen molar-refractivity contribution in [1.82, 2.24) is 9.80 Å². The number of hydrogen-bond donors (Lipinski definition) is 0. The first kappa shape index (κ1) is 16.7. The summed E-state index contributed by atoms with van der Waals surface area (Å²) in [4.78, 5) is 16.9. The lowest BCUT2D eigenvalue weighted by Crippen LogP contribution is -2.49. The van der Waals surface area contributed by atoms with Crippen LogP contribution in [0.2, 0.25) is 0 Å². The van der Waals surface area contributed by atoms with Gasteiger partial charge in [0.25, 0.3) is 5.91 Å². The highest BCUT2D eigenvalue weighted by Crippen LogP contribution is 2.32. The summed E-state index contributed by atoms with van der Waals surface area (Å²) in [7, 11) is 0. The minimum atomic E-state index is 0.0449. The summed E-state index contributed by atoms with van der Waals surface area (Å²) in [6.45, 7) is 4.89. The van der Waals surface area contributed by atoms with Gasteiger partial charge >= 0.3 is 0 Å². The second kappa shape index (κ2) is 7.66. The molecule has 1 saturated heterocycles. The Morgan fingerprint density at radius 2 is 1.73 bits per heavy atom. The van der Waals surface area contributed by atoms with Gasteiger partial charge in [0, 0.05) is 38.3 Å². The van der Waals surface area contributed by atoms with E-state index in [-0.39, 0.29) is 12.7 Å². The molecule has 0 saturated carbocycles. The highest BCUT2D eigenvalue weighted by atomic mass is 16.7. The van der Waals surface area contributed by atoms with E-state index in [9.17, 15) is 4.79 Å². The Kier molecular flexibility index (Phi) is 4.93. The first-order chi connectivity index (χ1) is 12.8. The minimum Gasteiger partial charge on any atom is -0.492 e. The third-order valence-electron chi connectivity index (χ3n) is 4.70. The van der Waals surface area contributed by atoms with Gasteiger partial charge in [-0.2, -0.15) is 0 Å². The van der Waals surface area contributed by atoms with Crippen LogP contribution in [0, 0.1) is 0 Å². The smallest absolute Gasteiger partial charge is 0.254 e. The van der Waals surface area contributed by atoms with Gasteiger partial charge in [-0.05, 0) is 30.3 Å². The Labute approximate surface area is 152 Å². The van der Waals surface area contributed by atoms with E-state index in [2.05, 4.69) is 4.90 Å². The molecule has 2 heterocycles. The number of carbonyl (C=O) groups is 1. The molecular formula is C20H22N2O4. The summed E-state index contributed by atoms with van der Waals surface area (Å²) in [6, 6.07) is 15.2. The number of carbonyl (C=O) groups excluding carboxylic acids is 1. The third-order valence-corrected chi connectivity index (χ3v) is 4.70. The Hall–Kier alpha value is -2.73. The van der Waals surface area contributed by atoms with Gasteiger partial charge in [0.2, 0.25) is 6.79 Å². The average Bonchev–Trinajstić information content (AvgIpc) is 3.17. The minimum absolute atomic E-state index is 0.0449. The molecule has 0 unspecified atom stereocenters. The lowest BCUT2D eigenvalue weighted by molar-refractivity contribution is 0.0620. The van der Waals surface area contributed by atoms with Crippen molar-refractivity contribution in [3.63, 3.8) is 0 Å². The van der Waals surface area contributed by atoms with Crippen molar-refractivity contribution >= 4 is 5.91 Å². The van der Waals surface area contributed by atoms with Gasteiger partial charge in [-0.1, -0.05) is 18.2 Å². The van der Waals surface area contributed by atoms with E-state index in [0.29, 0.717) is 23.7 Å². The number of hydrogen-bond acceptors (Lipinski definition) is 5. The van der Waals surface area contributed by atoms with Gasteiger partial charge in [0.1, 0.15) is 12.4 Å². The molecule has 0 bridgehead atoms. The highest BCUT2D eigenvalue weighted by Gasteiger charge is 2.24.